The van der Waals surface area contributed by atoms with Crippen LogP contribution in [0.25, 0.3) is 16.6 Å². The van der Waals surface area contributed by atoms with Crippen LogP contribution >= 0.6 is 0 Å². The molecule has 0 aliphatic carbocycles. The maximum atomic E-state index is 12.6. The Kier molecular flexibility index (Phi) is 8.55. The Labute approximate surface area is 207 Å². The van der Waals surface area contributed by atoms with Gasteiger partial charge in [0.05, 0.1) is 23.4 Å². The predicted octanol–water partition coefficient (Wildman–Crippen LogP) is 7.55. The molecule has 0 saturated carbocycles. The molecule has 0 aliphatic rings. The van der Waals surface area contributed by atoms with Crippen molar-refractivity contribution in [1.29, 1.82) is 0 Å². The lowest BCUT2D eigenvalue weighted by molar-refractivity contribution is 0.0735. The SMILES string of the molecule is CCCCCCOc1ccc(C(=O)Oc2ccc3nn(-c4ccc(CCCC)cc4)cc3c2)cc1. The van der Waals surface area contributed by atoms with E-state index in [1.165, 1.54) is 37.7 Å². The molecule has 0 bridgehead atoms. The summed E-state index contributed by atoms with van der Waals surface area (Å²) in [4.78, 5) is 12.6. The highest BCUT2D eigenvalue weighted by atomic mass is 16.5. The summed E-state index contributed by atoms with van der Waals surface area (Å²) in [5.74, 6) is 0.868. The van der Waals surface area contributed by atoms with E-state index in [-0.39, 0.29) is 0 Å². The maximum absolute atomic E-state index is 12.6. The molecular formula is C30H34N2O3. The third kappa shape index (κ3) is 6.72. The summed E-state index contributed by atoms with van der Waals surface area (Å²) >= 11 is 0. The molecule has 0 unspecified atom stereocenters. The summed E-state index contributed by atoms with van der Waals surface area (Å²) in [6.45, 7) is 5.09. The van der Waals surface area contributed by atoms with Crippen LogP contribution in [0.2, 0.25) is 0 Å². The number of carbonyl (C=O) groups excluding carboxylic acids is 1. The predicted molar refractivity (Wildman–Crippen MR) is 141 cm³/mol. The molecule has 5 heteroatoms. The highest BCUT2D eigenvalue weighted by Crippen LogP contribution is 2.23. The Morgan fingerprint density at radius 1 is 0.829 bits per heavy atom. The molecule has 0 atom stereocenters. The van der Waals surface area contributed by atoms with Gasteiger partial charge in [0, 0.05) is 11.6 Å². The standard InChI is InChI=1S/C30H34N2O3/c1-3-5-7-8-20-34-27-16-12-24(13-17-27)30(33)35-28-18-19-29-25(21-28)22-32(31-29)26-14-10-23(11-15-26)9-6-4-2/h10-19,21-22H,3-9,20H2,1-2H3. The normalized spacial score (nSPS) is 11.0. The number of aromatic nitrogens is 2. The number of nitrogens with zero attached hydrogens (tertiary/aromatic N) is 2. The van der Waals surface area contributed by atoms with E-state index in [0.717, 1.165) is 35.2 Å². The number of hydrogen-bond acceptors (Lipinski definition) is 4. The van der Waals surface area contributed by atoms with Crippen LogP contribution in [-0.4, -0.2) is 22.4 Å². The van der Waals surface area contributed by atoms with E-state index < -0.39 is 5.97 Å². The molecule has 1 heterocycles. The van der Waals surface area contributed by atoms with Gasteiger partial charge in [0.25, 0.3) is 0 Å². The lowest BCUT2D eigenvalue weighted by Crippen LogP contribution is -2.08. The first kappa shape index (κ1) is 24.5. The molecule has 0 radical (unpaired) electrons. The van der Waals surface area contributed by atoms with Crippen LogP contribution in [0.3, 0.4) is 0 Å². The van der Waals surface area contributed by atoms with Crippen LogP contribution in [0.5, 0.6) is 11.5 Å². The smallest absolute Gasteiger partial charge is 0.343 e. The number of carbonyl (C=O) groups is 1. The van der Waals surface area contributed by atoms with Gasteiger partial charge in [-0.1, -0.05) is 51.7 Å². The Hall–Kier alpha value is -3.60. The number of fused-ring (bicyclic) bond motifs is 1. The van der Waals surface area contributed by atoms with Gasteiger partial charge < -0.3 is 9.47 Å². The zero-order valence-electron chi connectivity index (χ0n) is 20.7. The van der Waals surface area contributed by atoms with Crippen LogP contribution in [0, 0.1) is 0 Å². The van der Waals surface area contributed by atoms with E-state index in [9.17, 15) is 4.79 Å². The van der Waals surface area contributed by atoms with Crippen molar-refractivity contribution >= 4 is 16.9 Å². The van der Waals surface area contributed by atoms with Crippen LogP contribution in [0.4, 0.5) is 0 Å². The third-order valence-electron chi connectivity index (χ3n) is 6.06. The minimum Gasteiger partial charge on any atom is -0.494 e. The van der Waals surface area contributed by atoms with E-state index in [1.54, 1.807) is 18.2 Å². The average molecular weight is 471 g/mol. The lowest BCUT2D eigenvalue weighted by Gasteiger charge is -2.07. The first-order valence-electron chi connectivity index (χ1n) is 12.7. The van der Waals surface area contributed by atoms with E-state index in [0.29, 0.717) is 17.9 Å². The monoisotopic (exact) mass is 470 g/mol. The van der Waals surface area contributed by atoms with Gasteiger partial charge in [-0.3, -0.25) is 0 Å². The fourth-order valence-electron chi connectivity index (χ4n) is 3.97. The van der Waals surface area contributed by atoms with Gasteiger partial charge >= 0.3 is 5.97 Å². The molecule has 35 heavy (non-hydrogen) atoms. The van der Waals surface area contributed by atoms with Crippen LogP contribution < -0.4 is 9.47 Å². The molecule has 182 valence electrons. The molecule has 5 nitrogen and oxygen atoms in total. The Morgan fingerprint density at radius 2 is 1.57 bits per heavy atom. The van der Waals surface area contributed by atoms with Crippen LogP contribution in [-0.2, 0) is 6.42 Å². The van der Waals surface area contributed by atoms with Gasteiger partial charge in [-0.05, 0) is 79.4 Å². The van der Waals surface area contributed by atoms with Crippen molar-refractivity contribution in [1.82, 2.24) is 9.78 Å². The lowest BCUT2D eigenvalue weighted by atomic mass is 10.1. The van der Waals surface area contributed by atoms with Crippen molar-refractivity contribution in [2.75, 3.05) is 6.61 Å². The molecule has 3 aromatic carbocycles. The highest BCUT2D eigenvalue weighted by Gasteiger charge is 2.11. The van der Waals surface area contributed by atoms with Gasteiger partial charge in [-0.25, -0.2) is 9.48 Å². The molecule has 0 aliphatic heterocycles. The zero-order valence-corrected chi connectivity index (χ0v) is 20.7. The van der Waals surface area contributed by atoms with E-state index >= 15 is 0 Å². The average Bonchev–Trinajstić information content (AvgIpc) is 3.31. The molecule has 0 N–H and O–H groups in total. The molecule has 4 aromatic rings. The van der Waals surface area contributed by atoms with Crippen molar-refractivity contribution in [3.05, 3.63) is 84.1 Å². The van der Waals surface area contributed by atoms with Gasteiger partial charge in [-0.2, -0.15) is 5.10 Å². The summed E-state index contributed by atoms with van der Waals surface area (Å²) in [6.07, 6.45) is 10.1. The van der Waals surface area contributed by atoms with Gasteiger partial charge in [0.1, 0.15) is 11.5 Å². The molecule has 0 saturated heterocycles. The third-order valence-corrected chi connectivity index (χ3v) is 6.06. The van der Waals surface area contributed by atoms with Crippen molar-refractivity contribution in [2.45, 2.75) is 58.8 Å². The molecular weight excluding hydrogens is 436 g/mol. The number of ether oxygens (including phenoxy) is 2. The summed E-state index contributed by atoms with van der Waals surface area (Å²) in [7, 11) is 0. The number of unbranched alkanes of at least 4 members (excludes halogenated alkanes) is 4. The van der Waals surface area contributed by atoms with E-state index in [4.69, 9.17) is 9.47 Å². The summed E-state index contributed by atoms with van der Waals surface area (Å²) in [6, 6.07) is 21.1. The second-order valence-electron chi connectivity index (χ2n) is 8.89. The van der Waals surface area contributed by atoms with Crippen LogP contribution in [0.15, 0.2) is 72.9 Å². The number of benzene rings is 3. The van der Waals surface area contributed by atoms with Gasteiger partial charge in [-0.15, -0.1) is 0 Å². The summed E-state index contributed by atoms with van der Waals surface area (Å²) in [5, 5.41) is 5.58. The molecule has 4 rings (SSSR count). The zero-order chi connectivity index (χ0) is 24.5. The Morgan fingerprint density at radius 3 is 2.31 bits per heavy atom. The van der Waals surface area contributed by atoms with E-state index in [2.05, 4.69) is 43.2 Å². The highest BCUT2D eigenvalue weighted by molar-refractivity contribution is 5.92. The molecule has 1 aromatic heterocycles. The minimum atomic E-state index is -0.395. The molecule has 0 fully saturated rings. The summed E-state index contributed by atoms with van der Waals surface area (Å²) < 4.78 is 13.2. The quantitative estimate of drug-likeness (QED) is 0.122. The first-order chi connectivity index (χ1) is 17.2. The van der Waals surface area contributed by atoms with Crippen molar-refractivity contribution in [2.24, 2.45) is 0 Å². The molecule has 0 spiro atoms. The largest absolute Gasteiger partial charge is 0.494 e. The second-order valence-corrected chi connectivity index (χ2v) is 8.89. The molecule has 0 amide bonds. The second kappa shape index (κ2) is 12.2. The van der Waals surface area contributed by atoms with Crippen molar-refractivity contribution in [3.63, 3.8) is 0 Å². The first-order valence-corrected chi connectivity index (χ1v) is 12.7. The van der Waals surface area contributed by atoms with Crippen molar-refractivity contribution in [3.8, 4) is 17.2 Å². The number of esters is 1. The van der Waals surface area contributed by atoms with Gasteiger partial charge in [0.15, 0.2) is 0 Å². The number of hydrogen-bond donors (Lipinski definition) is 0. The minimum absolute atomic E-state index is 0.395. The number of aryl methyl sites for hydroxylation is 1. The fraction of sp³-hybridized carbons (Fsp3) is 0.333. The van der Waals surface area contributed by atoms with Crippen molar-refractivity contribution < 1.29 is 14.3 Å². The van der Waals surface area contributed by atoms with Crippen LogP contribution in [0.1, 0.15) is 68.3 Å². The fourth-order valence-corrected chi connectivity index (χ4v) is 3.97. The Bertz CT molecular complexity index is 1230. The van der Waals surface area contributed by atoms with E-state index in [1.807, 2.05) is 35.1 Å². The topological polar surface area (TPSA) is 53.4 Å². The Balaban J connectivity index is 1.37. The summed E-state index contributed by atoms with van der Waals surface area (Å²) in [5.41, 5.74) is 3.68. The maximum Gasteiger partial charge on any atom is 0.343 e. The number of rotatable bonds is 12. The van der Waals surface area contributed by atoms with Gasteiger partial charge in [0.2, 0.25) is 0 Å².